The Balaban J connectivity index is 1.96. The van der Waals surface area contributed by atoms with E-state index in [2.05, 4.69) is 20.8 Å². The summed E-state index contributed by atoms with van der Waals surface area (Å²) >= 11 is 0. The summed E-state index contributed by atoms with van der Waals surface area (Å²) in [6.45, 7) is 8.04. The van der Waals surface area contributed by atoms with Crippen molar-refractivity contribution in [2.45, 2.75) is 64.8 Å². The van der Waals surface area contributed by atoms with Crippen LogP contribution in [0.4, 0.5) is 4.79 Å². The fourth-order valence-corrected chi connectivity index (χ4v) is 5.14. The number of aliphatic hydroxyl groups is 1. The minimum absolute atomic E-state index is 0.0558. The largest absolute Gasteiger partial charge is 0.465 e. The van der Waals surface area contributed by atoms with E-state index in [1.54, 1.807) is 6.92 Å². The number of hydrogen-bond acceptors (Lipinski definition) is 4. The topological polar surface area (TPSA) is 87.1 Å². The van der Waals surface area contributed by atoms with Crippen LogP contribution in [-0.2, 0) is 16.1 Å². The van der Waals surface area contributed by atoms with Crippen molar-refractivity contribution in [3.63, 3.8) is 0 Å². The number of carbonyl (C=O) groups is 2. The molecule has 1 amide bonds. The fourth-order valence-electron chi connectivity index (χ4n) is 5.14. The van der Waals surface area contributed by atoms with Crippen LogP contribution in [0.3, 0.4) is 0 Å². The molecule has 6 nitrogen and oxygen atoms in total. The maximum Gasteiger partial charge on any atom is 0.410 e. The first-order chi connectivity index (χ1) is 15.1. The Morgan fingerprint density at radius 1 is 1.09 bits per heavy atom. The van der Waals surface area contributed by atoms with Crippen LogP contribution in [0.2, 0.25) is 0 Å². The molecule has 2 aromatic carbocycles. The summed E-state index contributed by atoms with van der Waals surface area (Å²) in [4.78, 5) is 26.3. The Kier molecular flexibility index (Phi) is 6.94. The second kappa shape index (κ2) is 9.33. The van der Waals surface area contributed by atoms with E-state index in [0.29, 0.717) is 0 Å². The van der Waals surface area contributed by atoms with Crippen LogP contribution >= 0.6 is 0 Å². The quantitative estimate of drug-likeness (QED) is 0.617. The van der Waals surface area contributed by atoms with Crippen molar-refractivity contribution in [3.05, 3.63) is 71.8 Å². The molecule has 0 radical (unpaired) electrons. The predicted molar refractivity (Wildman–Crippen MR) is 122 cm³/mol. The maximum absolute atomic E-state index is 13.1. The molecule has 32 heavy (non-hydrogen) atoms. The molecule has 4 atom stereocenters. The molecule has 0 aromatic heterocycles. The Morgan fingerprint density at radius 2 is 1.66 bits per heavy atom. The highest BCUT2D eigenvalue weighted by molar-refractivity contribution is 5.82. The summed E-state index contributed by atoms with van der Waals surface area (Å²) in [5.74, 6) is -1.27. The van der Waals surface area contributed by atoms with Crippen LogP contribution < -0.4 is 0 Å². The Bertz CT molecular complexity index is 924. The molecule has 1 aliphatic heterocycles. The molecule has 3 rings (SSSR count). The summed E-state index contributed by atoms with van der Waals surface area (Å²) in [7, 11) is 0. The summed E-state index contributed by atoms with van der Waals surface area (Å²) in [5, 5.41) is 21.7. The molecule has 2 aromatic rings. The van der Waals surface area contributed by atoms with Gasteiger partial charge in [0.25, 0.3) is 0 Å². The van der Waals surface area contributed by atoms with Gasteiger partial charge in [0.05, 0.1) is 0 Å². The zero-order chi connectivity index (χ0) is 23.5. The highest BCUT2D eigenvalue weighted by Crippen LogP contribution is 2.53. The van der Waals surface area contributed by atoms with Gasteiger partial charge in [0, 0.05) is 5.92 Å². The van der Waals surface area contributed by atoms with Gasteiger partial charge in [-0.2, -0.15) is 0 Å². The monoisotopic (exact) mass is 439 g/mol. The van der Waals surface area contributed by atoms with Crippen LogP contribution in [0.1, 0.15) is 57.6 Å². The second-order valence-electron chi connectivity index (χ2n) is 9.59. The van der Waals surface area contributed by atoms with E-state index >= 15 is 0 Å². The van der Waals surface area contributed by atoms with Crippen LogP contribution in [-0.4, -0.2) is 38.9 Å². The standard InChI is InChI=1S/C26H33NO5/c1-5-26(31)20(22(25(2,3)4)19-14-10-7-11-15-19)16-21(27(26)24(29)30)23(28)32-17-18-12-8-6-9-13-18/h6-15,20-22,31H,5,16-17H2,1-4H3,(H,29,30)/t20-,21+,22?,26?/m0/s1. The summed E-state index contributed by atoms with van der Waals surface area (Å²) < 4.78 is 5.49. The number of hydrogen-bond donors (Lipinski definition) is 2. The van der Waals surface area contributed by atoms with Crippen LogP contribution in [0, 0.1) is 11.3 Å². The molecular formula is C26H33NO5. The van der Waals surface area contributed by atoms with Crippen LogP contribution in [0.25, 0.3) is 0 Å². The minimum atomic E-state index is -1.68. The highest BCUT2D eigenvalue weighted by Gasteiger charge is 2.60. The number of nitrogens with zero attached hydrogens (tertiary/aromatic N) is 1. The van der Waals surface area contributed by atoms with Gasteiger partial charge in [-0.05, 0) is 35.3 Å². The second-order valence-corrected chi connectivity index (χ2v) is 9.59. The Morgan fingerprint density at radius 3 is 2.16 bits per heavy atom. The molecule has 1 heterocycles. The first-order valence-corrected chi connectivity index (χ1v) is 11.1. The van der Waals surface area contributed by atoms with E-state index in [0.717, 1.165) is 16.0 Å². The molecular weight excluding hydrogens is 406 g/mol. The average Bonchev–Trinajstić information content (AvgIpc) is 3.06. The van der Waals surface area contributed by atoms with Crippen molar-refractivity contribution in [1.29, 1.82) is 0 Å². The molecule has 0 aliphatic carbocycles. The zero-order valence-electron chi connectivity index (χ0n) is 19.2. The van der Waals surface area contributed by atoms with Crippen molar-refractivity contribution in [3.8, 4) is 0 Å². The first kappa shape index (κ1) is 23.8. The molecule has 1 saturated heterocycles. The van der Waals surface area contributed by atoms with E-state index in [9.17, 15) is 19.8 Å². The first-order valence-electron chi connectivity index (χ1n) is 11.1. The number of amides is 1. The van der Waals surface area contributed by atoms with Gasteiger partial charge in [0.1, 0.15) is 18.4 Å². The number of esters is 1. The number of carbonyl (C=O) groups excluding carboxylic acids is 1. The van der Waals surface area contributed by atoms with Gasteiger partial charge in [0.15, 0.2) is 0 Å². The number of benzene rings is 2. The number of rotatable bonds is 6. The molecule has 2 N–H and O–H groups in total. The number of ether oxygens (including phenoxy) is 1. The lowest BCUT2D eigenvalue weighted by atomic mass is 9.65. The van der Waals surface area contributed by atoms with E-state index in [4.69, 9.17) is 4.74 Å². The van der Waals surface area contributed by atoms with Crippen molar-refractivity contribution in [1.82, 2.24) is 4.90 Å². The third kappa shape index (κ3) is 4.65. The Labute approximate surface area is 189 Å². The lowest BCUT2D eigenvalue weighted by molar-refractivity contribution is -0.158. The highest BCUT2D eigenvalue weighted by atomic mass is 16.5. The smallest absolute Gasteiger partial charge is 0.410 e. The van der Waals surface area contributed by atoms with Gasteiger partial charge in [-0.3, -0.25) is 4.90 Å². The van der Waals surface area contributed by atoms with E-state index in [1.165, 1.54) is 0 Å². The third-order valence-corrected chi connectivity index (χ3v) is 6.52. The van der Waals surface area contributed by atoms with E-state index in [1.807, 2.05) is 60.7 Å². The lowest BCUT2D eigenvalue weighted by Gasteiger charge is -2.44. The van der Waals surface area contributed by atoms with Crippen molar-refractivity contribution in [2.75, 3.05) is 0 Å². The summed E-state index contributed by atoms with van der Waals surface area (Å²) in [5.41, 5.74) is -0.126. The van der Waals surface area contributed by atoms with Gasteiger partial charge in [-0.1, -0.05) is 88.4 Å². The molecule has 6 heteroatoms. The minimum Gasteiger partial charge on any atom is -0.465 e. The van der Waals surface area contributed by atoms with Crippen molar-refractivity contribution in [2.24, 2.45) is 11.3 Å². The summed E-state index contributed by atoms with van der Waals surface area (Å²) in [6.07, 6.45) is -0.952. The lowest BCUT2D eigenvalue weighted by Crippen LogP contribution is -2.55. The van der Waals surface area contributed by atoms with Gasteiger partial charge in [-0.25, -0.2) is 9.59 Å². The van der Waals surface area contributed by atoms with E-state index < -0.39 is 29.7 Å². The van der Waals surface area contributed by atoms with Gasteiger partial charge >= 0.3 is 12.1 Å². The molecule has 0 spiro atoms. The zero-order valence-corrected chi connectivity index (χ0v) is 19.2. The number of carboxylic acid groups (broad SMARTS) is 1. The fraction of sp³-hybridized carbons (Fsp3) is 0.462. The molecule has 1 fully saturated rings. The third-order valence-electron chi connectivity index (χ3n) is 6.52. The van der Waals surface area contributed by atoms with Gasteiger partial charge in [-0.15, -0.1) is 0 Å². The van der Waals surface area contributed by atoms with Gasteiger partial charge in [0.2, 0.25) is 0 Å². The average molecular weight is 440 g/mol. The molecule has 172 valence electrons. The Hall–Kier alpha value is -2.86. The van der Waals surface area contributed by atoms with Gasteiger partial charge < -0.3 is 14.9 Å². The molecule has 0 bridgehead atoms. The van der Waals surface area contributed by atoms with Crippen LogP contribution in [0.15, 0.2) is 60.7 Å². The van der Waals surface area contributed by atoms with E-state index in [-0.39, 0.29) is 30.8 Å². The maximum atomic E-state index is 13.1. The molecule has 0 saturated carbocycles. The normalized spacial score (nSPS) is 24.2. The molecule has 2 unspecified atom stereocenters. The van der Waals surface area contributed by atoms with Crippen molar-refractivity contribution >= 4 is 12.1 Å². The predicted octanol–water partition coefficient (Wildman–Crippen LogP) is 5.03. The molecule has 1 aliphatic rings. The number of likely N-dealkylation sites (tertiary alicyclic amines) is 1. The summed E-state index contributed by atoms with van der Waals surface area (Å²) in [6, 6.07) is 18.0. The SMILES string of the molecule is CCC1(O)[C@H](C(c2ccccc2)C(C)(C)C)C[C@H](C(=O)OCc2ccccc2)N1C(=O)O. The van der Waals surface area contributed by atoms with Crippen molar-refractivity contribution < 1.29 is 24.5 Å². The van der Waals surface area contributed by atoms with Crippen LogP contribution in [0.5, 0.6) is 0 Å².